The fourth-order valence-electron chi connectivity index (χ4n) is 1.91. The van der Waals surface area contributed by atoms with Gasteiger partial charge in [-0.05, 0) is 18.8 Å². The Morgan fingerprint density at radius 1 is 1.43 bits per heavy atom. The van der Waals surface area contributed by atoms with Crippen molar-refractivity contribution in [1.82, 2.24) is 5.32 Å². The van der Waals surface area contributed by atoms with Crippen molar-refractivity contribution in [3.63, 3.8) is 0 Å². The van der Waals surface area contributed by atoms with Crippen LogP contribution in [0.3, 0.4) is 0 Å². The number of hydrogen-bond donors (Lipinski definition) is 1. The molecule has 2 atom stereocenters. The molecule has 1 aliphatic heterocycles. The van der Waals surface area contributed by atoms with Crippen LogP contribution in [0, 0.1) is 5.92 Å². The van der Waals surface area contributed by atoms with Crippen LogP contribution in [0.5, 0.6) is 0 Å². The zero-order valence-electron chi connectivity index (χ0n) is 9.88. The number of rotatable bonds is 6. The summed E-state index contributed by atoms with van der Waals surface area (Å²) in [6.07, 6.45) is 5.65. The van der Waals surface area contributed by atoms with Gasteiger partial charge in [0.05, 0.1) is 6.10 Å². The Kier molecular flexibility index (Phi) is 5.49. The molecule has 0 amide bonds. The fourth-order valence-corrected chi connectivity index (χ4v) is 1.91. The van der Waals surface area contributed by atoms with Crippen LogP contribution in [0.4, 0.5) is 0 Å². The molecular weight excluding hydrogens is 174 g/mol. The third-order valence-corrected chi connectivity index (χ3v) is 2.75. The summed E-state index contributed by atoms with van der Waals surface area (Å²) >= 11 is 0. The van der Waals surface area contributed by atoms with Crippen LogP contribution < -0.4 is 5.32 Å². The van der Waals surface area contributed by atoms with Gasteiger partial charge < -0.3 is 10.1 Å². The molecule has 0 saturated carbocycles. The summed E-state index contributed by atoms with van der Waals surface area (Å²) in [4.78, 5) is 0. The van der Waals surface area contributed by atoms with Crippen molar-refractivity contribution in [2.75, 3.05) is 13.2 Å². The Morgan fingerprint density at radius 2 is 2.21 bits per heavy atom. The molecule has 1 rings (SSSR count). The zero-order valence-corrected chi connectivity index (χ0v) is 9.88. The summed E-state index contributed by atoms with van der Waals surface area (Å²) in [6, 6.07) is 0.715. The van der Waals surface area contributed by atoms with Gasteiger partial charge in [-0.25, -0.2) is 0 Å². The summed E-state index contributed by atoms with van der Waals surface area (Å²) in [7, 11) is 0. The van der Waals surface area contributed by atoms with Crippen molar-refractivity contribution in [1.29, 1.82) is 0 Å². The van der Waals surface area contributed by atoms with Crippen LogP contribution in [-0.4, -0.2) is 25.3 Å². The first-order chi connectivity index (χ1) is 6.72. The first-order valence-electron chi connectivity index (χ1n) is 6.07. The van der Waals surface area contributed by atoms with Gasteiger partial charge in [0, 0.05) is 19.2 Å². The Labute approximate surface area is 88.4 Å². The van der Waals surface area contributed by atoms with Crippen LogP contribution in [0.15, 0.2) is 0 Å². The lowest BCUT2D eigenvalue weighted by atomic mass is 10.1. The van der Waals surface area contributed by atoms with Crippen LogP contribution in [0.25, 0.3) is 0 Å². The molecule has 0 aromatic carbocycles. The van der Waals surface area contributed by atoms with E-state index in [1.165, 1.54) is 25.7 Å². The quantitative estimate of drug-likeness (QED) is 0.710. The molecule has 2 nitrogen and oxygen atoms in total. The summed E-state index contributed by atoms with van der Waals surface area (Å²) in [5.74, 6) is 0.657. The van der Waals surface area contributed by atoms with Crippen LogP contribution in [0.1, 0.15) is 46.5 Å². The van der Waals surface area contributed by atoms with Crippen molar-refractivity contribution >= 4 is 0 Å². The lowest BCUT2D eigenvalue weighted by Crippen LogP contribution is -2.21. The normalized spacial score (nSPS) is 27.4. The highest BCUT2D eigenvalue weighted by atomic mass is 16.5. The third kappa shape index (κ3) is 4.43. The van der Waals surface area contributed by atoms with E-state index < -0.39 is 0 Å². The molecule has 84 valence electrons. The van der Waals surface area contributed by atoms with Crippen LogP contribution >= 0.6 is 0 Å². The van der Waals surface area contributed by atoms with E-state index >= 15 is 0 Å². The summed E-state index contributed by atoms with van der Waals surface area (Å²) < 4.78 is 5.81. The molecule has 0 radical (unpaired) electrons. The molecule has 0 unspecified atom stereocenters. The van der Waals surface area contributed by atoms with E-state index in [-0.39, 0.29) is 0 Å². The average Bonchev–Trinajstić information content (AvgIpc) is 2.59. The maximum atomic E-state index is 5.81. The minimum absolute atomic E-state index is 0.472. The van der Waals surface area contributed by atoms with Gasteiger partial charge in [0.15, 0.2) is 0 Å². The van der Waals surface area contributed by atoms with Crippen molar-refractivity contribution in [3.05, 3.63) is 0 Å². The largest absolute Gasteiger partial charge is 0.377 e. The lowest BCUT2D eigenvalue weighted by molar-refractivity contribution is 0.0469. The maximum absolute atomic E-state index is 5.81. The number of ether oxygens (including phenoxy) is 1. The molecule has 0 aromatic heterocycles. The highest BCUT2D eigenvalue weighted by Gasteiger charge is 2.23. The Balaban J connectivity index is 2.08. The lowest BCUT2D eigenvalue weighted by Gasteiger charge is -2.13. The summed E-state index contributed by atoms with van der Waals surface area (Å²) in [5, 5.41) is 3.54. The van der Waals surface area contributed by atoms with E-state index in [9.17, 15) is 0 Å². The predicted octanol–water partition coefficient (Wildman–Crippen LogP) is 2.58. The summed E-state index contributed by atoms with van der Waals surface area (Å²) in [6.45, 7) is 8.63. The first-order valence-corrected chi connectivity index (χ1v) is 6.07. The SMILES string of the molecule is CCCC[C@@H]1C[C@@H](OCC(C)C)CN1. The van der Waals surface area contributed by atoms with Crippen LogP contribution in [0.2, 0.25) is 0 Å². The van der Waals surface area contributed by atoms with Gasteiger partial charge in [0.2, 0.25) is 0 Å². The predicted molar refractivity (Wildman–Crippen MR) is 60.5 cm³/mol. The molecule has 0 spiro atoms. The van der Waals surface area contributed by atoms with E-state index in [4.69, 9.17) is 4.74 Å². The molecule has 14 heavy (non-hydrogen) atoms. The van der Waals surface area contributed by atoms with Gasteiger partial charge in [-0.2, -0.15) is 0 Å². The van der Waals surface area contributed by atoms with Gasteiger partial charge in [-0.1, -0.05) is 33.6 Å². The van der Waals surface area contributed by atoms with Gasteiger partial charge in [0.25, 0.3) is 0 Å². The topological polar surface area (TPSA) is 21.3 Å². The molecule has 1 fully saturated rings. The van der Waals surface area contributed by atoms with Gasteiger partial charge in [0.1, 0.15) is 0 Å². The number of unbranched alkanes of at least 4 members (excludes halogenated alkanes) is 1. The van der Waals surface area contributed by atoms with E-state index in [0.29, 0.717) is 18.1 Å². The number of hydrogen-bond acceptors (Lipinski definition) is 2. The number of nitrogens with one attached hydrogen (secondary N) is 1. The second-order valence-electron chi connectivity index (χ2n) is 4.83. The molecule has 1 N–H and O–H groups in total. The van der Waals surface area contributed by atoms with E-state index in [1.54, 1.807) is 0 Å². The third-order valence-electron chi connectivity index (χ3n) is 2.75. The van der Waals surface area contributed by atoms with E-state index in [1.807, 2.05) is 0 Å². The zero-order chi connectivity index (χ0) is 10.4. The second kappa shape index (κ2) is 6.41. The fraction of sp³-hybridized carbons (Fsp3) is 1.00. The first kappa shape index (κ1) is 12.0. The monoisotopic (exact) mass is 199 g/mol. The molecule has 1 saturated heterocycles. The Hall–Kier alpha value is -0.0800. The Morgan fingerprint density at radius 3 is 2.86 bits per heavy atom. The minimum atomic E-state index is 0.472. The molecular formula is C12H25NO. The smallest absolute Gasteiger partial charge is 0.0714 e. The minimum Gasteiger partial charge on any atom is -0.377 e. The molecule has 0 aromatic rings. The van der Waals surface area contributed by atoms with Crippen molar-refractivity contribution in [3.8, 4) is 0 Å². The molecule has 2 heteroatoms. The highest BCUT2D eigenvalue weighted by Crippen LogP contribution is 2.16. The molecule has 1 heterocycles. The van der Waals surface area contributed by atoms with Gasteiger partial charge in [-0.3, -0.25) is 0 Å². The maximum Gasteiger partial charge on any atom is 0.0714 e. The van der Waals surface area contributed by atoms with Gasteiger partial charge in [-0.15, -0.1) is 0 Å². The van der Waals surface area contributed by atoms with E-state index in [2.05, 4.69) is 26.1 Å². The average molecular weight is 199 g/mol. The molecule has 0 aliphatic carbocycles. The molecule has 0 bridgehead atoms. The van der Waals surface area contributed by atoms with Crippen molar-refractivity contribution < 1.29 is 4.74 Å². The Bertz CT molecular complexity index is 147. The standard InChI is InChI=1S/C12H25NO/c1-4-5-6-11-7-12(8-13-11)14-9-10(2)3/h10-13H,4-9H2,1-3H3/t11-,12-/m1/s1. The summed E-state index contributed by atoms with van der Waals surface area (Å²) in [5.41, 5.74) is 0. The molecule has 1 aliphatic rings. The van der Waals surface area contributed by atoms with E-state index in [0.717, 1.165) is 13.2 Å². The van der Waals surface area contributed by atoms with Crippen molar-refractivity contribution in [2.24, 2.45) is 5.92 Å². The van der Waals surface area contributed by atoms with Crippen molar-refractivity contribution in [2.45, 2.75) is 58.6 Å². The second-order valence-corrected chi connectivity index (χ2v) is 4.83. The van der Waals surface area contributed by atoms with Crippen LogP contribution in [-0.2, 0) is 4.74 Å². The highest BCUT2D eigenvalue weighted by molar-refractivity contribution is 4.82. The van der Waals surface area contributed by atoms with Gasteiger partial charge >= 0.3 is 0 Å².